The van der Waals surface area contributed by atoms with Gasteiger partial charge < -0.3 is 15.5 Å². The Morgan fingerprint density at radius 1 is 1.19 bits per heavy atom. The molecule has 0 saturated heterocycles. The molecule has 0 amide bonds. The van der Waals surface area contributed by atoms with Crippen LogP contribution in [0.2, 0.25) is 0 Å². The summed E-state index contributed by atoms with van der Waals surface area (Å²) < 4.78 is 37.7. The SMILES string of the molecule is CCNC(=NCc1csc(N(C)C)n1)NCc1nc(C(F)(F)F)cs1.I. The van der Waals surface area contributed by atoms with E-state index in [-0.39, 0.29) is 30.5 Å². The van der Waals surface area contributed by atoms with E-state index in [2.05, 4.69) is 25.6 Å². The van der Waals surface area contributed by atoms with E-state index in [1.165, 1.54) is 11.3 Å². The van der Waals surface area contributed by atoms with Crippen LogP contribution in [-0.2, 0) is 19.3 Å². The van der Waals surface area contributed by atoms with Crippen molar-refractivity contribution in [3.63, 3.8) is 0 Å². The zero-order valence-electron chi connectivity index (χ0n) is 14.4. The van der Waals surface area contributed by atoms with Crippen molar-refractivity contribution in [2.75, 3.05) is 25.5 Å². The standard InChI is InChI=1S/C14H19F3N6S2.HI/c1-4-18-12(19-5-9-7-25-13(21-9)23(2)3)20-6-11-22-10(8-24-11)14(15,16)17;/h7-8H,4-6H2,1-3H3,(H2,18,19,20);1H. The summed E-state index contributed by atoms with van der Waals surface area (Å²) in [5.74, 6) is 0.505. The molecule has 0 atom stereocenters. The quantitative estimate of drug-likeness (QED) is 0.347. The molecule has 0 aromatic carbocycles. The van der Waals surface area contributed by atoms with Gasteiger partial charge in [0.1, 0.15) is 5.01 Å². The molecule has 0 fully saturated rings. The molecular formula is C14H20F3IN6S2. The van der Waals surface area contributed by atoms with Crippen molar-refractivity contribution in [3.8, 4) is 0 Å². The summed E-state index contributed by atoms with van der Waals surface area (Å²) in [6.07, 6.45) is -4.41. The van der Waals surface area contributed by atoms with Crippen LogP contribution < -0.4 is 15.5 Å². The second-order valence-electron chi connectivity index (χ2n) is 5.19. The van der Waals surface area contributed by atoms with Gasteiger partial charge in [-0.05, 0) is 6.92 Å². The number of aromatic nitrogens is 2. The van der Waals surface area contributed by atoms with E-state index in [1.54, 1.807) is 0 Å². The highest BCUT2D eigenvalue weighted by Gasteiger charge is 2.33. The van der Waals surface area contributed by atoms with Crippen LogP contribution in [0.4, 0.5) is 18.3 Å². The van der Waals surface area contributed by atoms with E-state index in [9.17, 15) is 13.2 Å². The van der Waals surface area contributed by atoms with Crippen molar-refractivity contribution < 1.29 is 13.2 Å². The zero-order chi connectivity index (χ0) is 18.4. The fourth-order valence-corrected chi connectivity index (χ4v) is 3.25. The molecule has 6 nitrogen and oxygen atoms in total. The molecule has 0 aliphatic heterocycles. The third kappa shape index (κ3) is 6.87. The van der Waals surface area contributed by atoms with Crippen molar-refractivity contribution in [1.29, 1.82) is 0 Å². The summed E-state index contributed by atoms with van der Waals surface area (Å²) in [6, 6.07) is 0. The van der Waals surface area contributed by atoms with Crippen molar-refractivity contribution in [2.24, 2.45) is 4.99 Å². The van der Waals surface area contributed by atoms with Gasteiger partial charge in [0.25, 0.3) is 0 Å². The van der Waals surface area contributed by atoms with Crippen molar-refractivity contribution in [1.82, 2.24) is 20.6 Å². The number of hydrogen-bond donors (Lipinski definition) is 2. The fourth-order valence-electron chi connectivity index (χ4n) is 1.76. The Hall–Kier alpha value is -1.15. The number of nitrogens with zero attached hydrogens (tertiary/aromatic N) is 4. The molecule has 12 heteroatoms. The highest BCUT2D eigenvalue weighted by Crippen LogP contribution is 2.29. The Bertz CT molecular complexity index is 714. The molecular weight excluding hydrogens is 500 g/mol. The van der Waals surface area contributed by atoms with Crippen LogP contribution in [0.3, 0.4) is 0 Å². The van der Waals surface area contributed by atoms with E-state index in [1.807, 2.05) is 31.3 Å². The number of hydrogen-bond acceptors (Lipinski definition) is 6. The smallest absolute Gasteiger partial charge is 0.357 e. The number of alkyl halides is 3. The summed E-state index contributed by atoms with van der Waals surface area (Å²) >= 11 is 2.49. The zero-order valence-corrected chi connectivity index (χ0v) is 18.4. The normalized spacial score (nSPS) is 11.8. The Balaban J connectivity index is 0.00000338. The van der Waals surface area contributed by atoms with E-state index >= 15 is 0 Å². The van der Waals surface area contributed by atoms with E-state index in [0.29, 0.717) is 24.1 Å². The maximum Gasteiger partial charge on any atom is 0.434 e. The molecule has 2 N–H and O–H groups in total. The van der Waals surface area contributed by atoms with Gasteiger partial charge in [-0.3, -0.25) is 0 Å². The molecule has 0 radical (unpaired) electrons. The number of nitrogens with one attached hydrogen (secondary N) is 2. The summed E-state index contributed by atoms with van der Waals surface area (Å²) in [4.78, 5) is 14.3. The Kier molecular flexibility index (Phi) is 9.03. The number of guanidine groups is 1. The number of anilines is 1. The van der Waals surface area contributed by atoms with Crippen LogP contribution in [0, 0.1) is 0 Å². The first-order chi connectivity index (χ1) is 11.8. The van der Waals surface area contributed by atoms with E-state index in [4.69, 9.17) is 0 Å². The fraction of sp³-hybridized carbons (Fsp3) is 0.500. The molecule has 0 spiro atoms. The second-order valence-corrected chi connectivity index (χ2v) is 6.97. The van der Waals surface area contributed by atoms with E-state index in [0.717, 1.165) is 27.5 Å². The summed E-state index contributed by atoms with van der Waals surface area (Å²) in [5.41, 5.74) is -0.0329. The Morgan fingerprint density at radius 2 is 1.92 bits per heavy atom. The summed E-state index contributed by atoms with van der Waals surface area (Å²) in [5, 5.41) is 10.2. The molecule has 2 aromatic rings. The van der Waals surface area contributed by atoms with Gasteiger partial charge in [-0.1, -0.05) is 0 Å². The van der Waals surface area contributed by atoms with Crippen LogP contribution in [-0.4, -0.2) is 36.6 Å². The number of rotatable bonds is 6. The molecule has 26 heavy (non-hydrogen) atoms. The van der Waals surface area contributed by atoms with Gasteiger partial charge in [0.15, 0.2) is 16.8 Å². The molecule has 0 unspecified atom stereocenters. The topological polar surface area (TPSA) is 65.4 Å². The molecule has 2 rings (SSSR count). The van der Waals surface area contributed by atoms with Crippen LogP contribution in [0.5, 0.6) is 0 Å². The van der Waals surface area contributed by atoms with Crippen LogP contribution >= 0.6 is 46.7 Å². The van der Waals surface area contributed by atoms with Gasteiger partial charge in [-0.2, -0.15) is 13.2 Å². The first kappa shape index (κ1) is 22.9. The number of thiazole rings is 2. The summed E-state index contributed by atoms with van der Waals surface area (Å²) in [7, 11) is 3.83. The van der Waals surface area contributed by atoms with Gasteiger partial charge in [0.2, 0.25) is 0 Å². The molecule has 0 aliphatic rings. The predicted molar refractivity (Wildman–Crippen MR) is 111 cm³/mol. The van der Waals surface area contributed by atoms with Gasteiger partial charge in [0.05, 0.1) is 18.8 Å². The molecule has 2 aromatic heterocycles. The van der Waals surface area contributed by atoms with Crippen molar-refractivity contribution in [3.05, 3.63) is 27.2 Å². The molecule has 0 bridgehead atoms. The lowest BCUT2D eigenvalue weighted by Crippen LogP contribution is -2.36. The minimum Gasteiger partial charge on any atom is -0.357 e. The van der Waals surface area contributed by atoms with E-state index < -0.39 is 11.9 Å². The third-order valence-corrected chi connectivity index (χ3v) is 4.82. The van der Waals surface area contributed by atoms with Gasteiger partial charge >= 0.3 is 6.18 Å². The summed E-state index contributed by atoms with van der Waals surface area (Å²) in [6.45, 7) is 3.10. The maximum absolute atomic E-state index is 12.6. The van der Waals surface area contributed by atoms with Crippen LogP contribution in [0.1, 0.15) is 23.3 Å². The first-order valence-electron chi connectivity index (χ1n) is 7.45. The minimum atomic E-state index is -4.41. The van der Waals surface area contributed by atoms with Crippen molar-refractivity contribution >= 4 is 57.7 Å². The highest BCUT2D eigenvalue weighted by atomic mass is 127. The van der Waals surface area contributed by atoms with Crippen LogP contribution in [0.15, 0.2) is 15.8 Å². The monoisotopic (exact) mass is 520 g/mol. The lowest BCUT2D eigenvalue weighted by Gasteiger charge is -2.09. The molecule has 146 valence electrons. The third-order valence-electron chi connectivity index (χ3n) is 2.91. The number of halogens is 4. The van der Waals surface area contributed by atoms with Gasteiger partial charge in [-0.15, -0.1) is 46.7 Å². The Morgan fingerprint density at radius 3 is 2.46 bits per heavy atom. The lowest BCUT2D eigenvalue weighted by molar-refractivity contribution is -0.140. The molecule has 0 aliphatic carbocycles. The largest absolute Gasteiger partial charge is 0.434 e. The van der Waals surface area contributed by atoms with Crippen molar-refractivity contribution in [2.45, 2.75) is 26.2 Å². The maximum atomic E-state index is 12.6. The average molecular weight is 520 g/mol. The Labute approximate surface area is 175 Å². The lowest BCUT2D eigenvalue weighted by atomic mass is 10.5. The van der Waals surface area contributed by atoms with Gasteiger partial charge in [0, 0.05) is 31.4 Å². The van der Waals surface area contributed by atoms with Crippen LogP contribution in [0.25, 0.3) is 0 Å². The molecule has 0 saturated carbocycles. The second kappa shape index (κ2) is 10.3. The highest BCUT2D eigenvalue weighted by molar-refractivity contribution is 14.0. The predicted octanol–water partition coefficient (Wildman–Crippen LogP) is 3.56. The number of aliphatic imine (C=N–C) groups is 1. The van der Waals surface area contributed by atoms with Gasteiger partial charge in [-0.25, -0.2) is 15.0 Å². The average Bonchev–Trinajstić information content (AvgIpc) is 3.18. The minimum absolute atomic E-state index is 0. The first-order valence-corrected chi connectivity index (χ1v) is 9.21. The molecule has 2 heterocycles.